The summed E-state index contributed by atoms with van der Waals surface area (Å²) in [5.41, 5.74) is 8.84. The molecule has 1 aromatic carbocycles. The van der Waals surface area contributed by atoms with Crippen molar-refractivity contribution < 1.29 is 4.74 Å². The van der Waals surface area contributed by atoms with Gasteiger partial charge in [-0.25, -0.2) is 0 Å². The lowest BCUT2D eigenvalue weighted by Crippen LogP contribution is -2.43. The average molecular weight is 245 g/mol. The molecule has 18 heavy (non-hydrogen) atoms. The zero-order valence-corrected chi connectivity index (χ0v) is 10.6. The number of nitrogens with zero attached hydrogens (tertiary/aromatic N) is 1. The third-order valence-corrected chi connectivity index (χ3v) is 3.89. The molecule has 2 aliphatic heterocycles. The van der Waals surface area contributed by atoms with E-state index in [-0.39, 0.29) is 5.84 Å². The largest absolute Gasteiger partial charge is 0.384 e. The van der Waals surface area contributed by atoms with Gasteiger partial charge in [0.2, 0.25) is 0 Å². The summed E-state index contributed by atoms with van der Waals surface area (Å²) in [6, 6.07) is 5.98. The highest BCUT2D eigenvalue weighted by Crippen LogP contribution is 2.33. The molecule has 96 valence electrons. The molecule has 0 spiro atoms. The second-order valence-electron chi connectivity index (χ2n) is 5.25. The molecule has 0 radical (unpaired) electrons. The van der Waals surface area contributed by atoms with Crippen molar-refractivity contribution >= 4 is 11.5 Å². The van der Waals surface area contributed by atoms with Gasteiger partial charge in [-0.1, -0.05) is 12.1 Å². The van der Waals surface area contributed by atoms with Crippen molar-refractivity contribution in [2.75, 3.05) is 18.0 Å². The summed E-state index contributed by atoms with van der Waals surface area (Å²) in [4.78, 5) is 2.35. The van der Waals surface area contributed by atoms with Crippen LogP contribution in [0.3, 0.4) is 0 Å². The van der Waals surface area contributed by atoms with Crippen LogP contribution in [-0.4, -0.2) is 31.1 Å². The number of ether oxygens (including phenoxy) is 1. The van der Waals surface area contributed by atoms with Crippen LogP contribution in [0.4, 0.5) is 5.69 Å². The molecule has 2 aliphatic rings. The van der Waals surface area contributed by atoms with Crippen LogP contribution in [0.5, 0.6) is 0 Å². The summed E-state index contributed by atoms with van der Waals surface area (Å²) in [7, 11) is 0. The first-order chi connectivity index (χ1) is 8.65. The molecule has 2 heterocycles. The highest BCUT2D eigenvalue weighted by molar-refractivity contribution is 6.01. The Balaban J connectivity index is 1.98. The molecular formula is C14H19N3O. The molecule has 3 N–H and O–H groups in total. The number of anilines is 1. The molecule has 1 aromatic rings. The lowest BCUT2D eigenvalue weighted by Gasteiger charge is -2.35. The van der Waals surface area contributed by atoms with Crippen molar-refractivity contribution in [3.8, 4) is 0 Å². The number of benzene rings is 1. The van der Waals surface area contributed by atoms with Crippen LogP contribution >= 0.6 is 0 Å². The lowest BCUT2D eigenvalue weighted by molar-refractivity contribution is 0.0304. The van der Waals surface area contributed by atoms with Crippen molar-refractivity contribution in [1.82, 2.24) is 0 Å². The molecule has 0 aliphatic carbocycles. The van der Waals surface area contributed by atoms with Gasteiger partial charge in [-0.3, -0.25) is 5.41 Å². The van der Waals surface area contributed by atoms with E-state index in [1.165, 1.54) is 5.56 Å². The standard InChI is InChI=1S/C14H19N3O/c1-9-3-2-4-12(14(15)16)13(9)17-7-10-5-6-11(8-17)18-10/h2-4,10-11H,5-8H2,1H3,(H3,15,16). The van der Waals surface area contributed by atoms with Gasteiger partial charge in [0, 0.05) is 18.7 Å². The Bertz CT molecular complexity index is 474. The van der Waals surface area contributed by atoms with Crippen LogP contribution in [0.2, 0.25) is 0 Å². The van der Waals surface area contributed by atoms with Crippen LogP contribution in [0.15, 0.2) is 18.2 Å². The van der Waals surface area contributed by atoms with E-state index in [1.54, 1.807) is 0 Å². The maximum atomic E-state index is 7.73. The van der Waals surface area contributed by atoms with Gasteiger partial charge in [-0.05, 0) is 31.4 Å². The Morgan fingerprint density at radius 1 is 1.33 bits per heavy atom. The van der Waals surface area contributed by atoms with Gasteiger partial charge in [0.05, 0.1) is 17.9 Å². The minimum absolute atomic E-state index is 0.146. The fourth-order valence-corrected chi connectivity index (χ4v) is 3.09. The zero-order chi connectivity index (χ0) is 12.7. The number of fused-ring (bicyclic) bond motifs is 2. The Kier molecular flexibility index (Phi) is 2.74. The maximum Gasteiger partial charge on any atom is 0.124 e. The normalized spacial score (nSPS) is 26.4. The Hall–Kier alpha value is -1.55. The number of hydrogen-bond acceptors (Lipinski definition) is 3. The Morgan fingerprint density at radius 2 is 2.00 bits per heavy atom. The molecule has 0 saturated carbocycles. The first-order valence-electron chi connectivity index (χ1n) is 6.49. The summed E-state index contributed by atoms with van der Waals surface area (Å²) in [5.74, 6) is 0.146. The molecule has 2 bridgehead atoms. The van der Waals surface area contributed by atoms with E-state index in [1.807, 2.05) is 12.1 Å². The number of aryl methyl sites for hydroxylation is 1. The van der Waals surface area contributed by atoms with Crippen molar-refractivity contribution in [1.29, 1.82) is 5.41 Å². The van der Waals surface area contributed by atoms with Crippen molar-refractivity contribution in [3.05, 3.63) is 29.3 Å². The van der Waals surface area contributed by atoms with Gasteiger partial charge in [0.1, 0.15) is 5.84 Å². The molecule has 0 amide bonds. The zero-order valence-electron chi connectivity index (χ0n) is 10.6. The molecule has 4 heteroatoms. The van der Waals surface area contributed by atoms with Crippen molar-refractivity contribution in [2.24, 2.45) is 5.73 Å². The molecule has 0 aromatic heterocycles. The van der Waals surface area contributed by atoms with Gasteiger partial charge in [0.25, 0.3) is 0 Å². The van der Waals surface area contributed by atoms with Crippen LogP contribution in [0.1, 0.15) is 24.0 Å². The van der Waals surface area contributed by atoms with E-state index in [0.717, 1.165) is 37.2 Å². The predicted octanol–water partition coefficient (Wildman–Crippen LogP) is 1.65. The van der Waals surface area contributed by atoms with Gasteiger partial charge in [-0.2, -0.15) is 0 Å². The van der Waals surface area contributed by atoms with E-state index < -0.39 is 0 Å². The molecule has 4 nitrogen and oxygen atoms in total. The summed E-state index contributed by atoms with van der Waals surface area (Å²) in [6.07, 6.45) is 3.01. The lowest BCUT2D eigenvalue weighted by atomic mass is 10.0. The van der Waals surface area contributed by atoms with Gasteiger partial charge < -0.3 is 15.4 Å². The van der Waals surface area contributed by atoms with E-state index in [2.05, 4.69) is 17.9 Å². The average Bonchev–Trinajstić information content (AvgIpc) is 2.68. The highest BCUT2D eigenvalue weighted by Gasteiger charge is 2.34. The van der Waals surface area contributed by atoms with Gasteiger partial charge >= 0.3 is 0 Å². The SMILES string of the molecule is Cc1cccc(C(=N)N)c1N1CC2CCC(C1)O2. The quantitative estimate of drug-likeness (QED) is 0.615. The first kappa shape index (κ1) is 11.5. The molecule has 3 rings (SSSR count). The second kappa shape index (κ2) is 4.28. The molecule has 2 saturated heterocycles. The number of nitrogens with two attached hydrogens (primary N) is 1. The smallest absolute Gasteiger partial charge is 0.124 e. The van der Waals surface area contributed by atoms with Gasteiger partial charge in [0.15, 0.2) is 0 Å². The number of hydrogen-bond donors (Lipinski definition) is 2. The third kappa shape index (κ3) is 1.86. The Labute approximate surface area is 107 Å². The monoisotopic (exact) mass is 245 g/mol. The maximum absolute atomic E-state index is 7.73. The van der Waals surface area contributed by atoms with E-state index in [0.29, 0.717) is 12.2 Å². The minimum Gasteiger partial charge on any atom is -0.384 e. The second-order valence-corrected chi connectivity index (χ2v) is 5.25. The Morgan fingerprint density at radius 3 is 2.61 bits per heavy atom. The summed E-state index contributed by atoms with van der Waals surface area (Å²) < 4.78 is 5.86. The highest BCUT2D eigenvalue weighted by atomic mass is 16.5. The van der Waals surface area contributed by atoms with E-state index in [4.69, 9.17) is 15.9 Å². The minimum atomic E-state index is 0.146. The van der Waals surface area contributed by atoms with E-state index >= 15 is 0 Å². The number of para-hydroxylation sites is 1. The van der Waals surface area contributed by atoms with Crippen LogP contribution in [0, 0.1) is 12.3 Å². The number of rotatable bonds is 2. The summed E-state index contributed by atoms with van der Waals surface area (Å²) in [6.45, 7) is 3.92. The molecular weight excluding hydrogens is 226 g/mol. The number of amidine groups is 1. The molecule has 2 atom stereocenters. The predicted molar refractivity (Wildman–Crippen MR) is 72.3 cm³/mol. The number of nitrogen functional groups attached to an aromatic ring is 1. The van der Waals surface area contributed by atoms with Crippen molar-refractivity contribution in [2.45, 2.75) is 32.0 Å². The fourth-order valence-electron chi connectivity index (χ4n) is 3.09. The molecule has 2 fully saturated rings. The van der Waals surface area contributed by atoms with Crippen LogP contribution in [0.25, 0.3) is 0 Å². The summed E-state index contributed by atoms with van der Waals surface area (Å²) >= 11 is 0. The van der Waals surface area contributed by atoms with Crippen molar-refractivity contribution in [3.63, 3.8) is 0 Å². The van der Waals surface area contributed by atoms with E-state index in [9.17, 15) is 0 Å². The third-order valence-electron chi connectivity index (χ3n) is 3.89. The summed E-state index contributed by atoms with van der Waals surface area (Å²) in [5, 5.41) is 7.73. The first-order valence-corrected chi connectivity index (χ1v) is 6.49. The number of morpholine rings is 1. The van der Waals surface area contributed by atoms with Gasteiger partial charge in [-0.15, -0.1) is 0 Å². The van der Waals surface area contributed by atoms with Crippen LogP contribution < -0.4 is 10.6 Å². The molecule has 2 unspecified atom stereocenters. The number of nitrogens with one attached hydrogen (secondary N) is 1. The topological polar surface area (TPSA) is 62.3 Å². The fraction of sp³-hybridized carbons (Fsp3) is 0.500. The van der Waals surface area contributed by atoms with Crippen LogP contribution in [-0.2, 0) is 4.74 Å².